The van der Waals surface area contributed by atoms with Crippen LogP contribution in [0.5, 0.6) is 5.75 Å². The molecule has 0 spiro atoms. The quantitative estimate of drug-likeness (QED) is 0.126. The molecule has 3 aliphatic carbocycles. The Hall–Kier alpha value is -4.46. The molecule has 0 heterocycles. The number of hydrogen-bond acceptors (Lipinski definition) is 5. The van der Waals surface area contributed by atoms with Gasteiger partial charge in [0.2, 0.25) is 0 Å². The normalized spacial score (nSPS) is 23.5. The lowest BCUT2D eigenvalue weighted by Gasteiger charge is -2.46. The summed E-state index contributed by atoms with van der Waals surface area (Å²) in [5, 5.41) is 29.4. The smallest absolute Gasteiger partial charge is 0.317 e. The van der Waals surface area contributed by atoms with Crippen molar-refractivity contribution in [3.8, 4) is 5.75 Å². The zero-order valence-corrected chi connectivity index (χ0v) is 31.3. The number of ether oxygens (including phenoxy) is 1. The number of amides is 2. The van der Waals surface area contributed by atoms with Crippen LogP contribution in [0.4, 0.5) is 4.79 Å². The second-order valence-corrected chi connectivity index (χ2v) is 15.6. The van der Waals surface area contributed by atoms with E-state index in [1.54, 1.807) is 36.3 Å². The van der Waals surface area contributed by atoms with Crippen LogP contribution >= 0.6 is 0 Å². The average Bonchev–Trinajstić information content (AvgIpc) is 3.38. The summed E-state index contributed by atoms with van der Waals surface area (Å²) in [6.45, 7) is 8.67. The molecule has 2 bridgehead atoms. The minimum atomic E-state index is -1.25. The van der Waals surface area contributed by atoms with Crippen molar-refractivity contribution in [3.05, 3.63) is 124 Å². The zero-order chi connectivity index (χ0) is 37.0. The van der Waals surface area contributed by atoms with Crippen molar-refractivity contribution in [2.24, 2.45) is 5.41 Å². The highest BCUT2D eigenvalue weighted by Crippen LogP contribution is 2.59. The number of nitrogens with one attached hydrogen (secondary N) is 1. The molecular weight excluding hydrogens is 649 g/mol. The van der Waals surface area contributed by atoms with E-state index in [0.29, 0.717) is 55.5 Å². The Morgan fingerprint density at radius 3 is 2.48 bits per heavy atom. The molecule has 7 rings (SSSR count). The van der Waals surface area contributed by atoms with Gasteiger partial charge in [-0.1, -0.05) is 73.2 Å². The second-order valence-electron chi connectivity index (χ2n) is 15.6. The molecule has 0 unspecified atom stereocenters. The summed E-state index contributed by atoms with van der Waals surface area (Å²) in [5.41, 5.74) is 3.29. The summed E-state index contributed by atoms with van der Waals surface area (Å²) in [7, 11) is 1.60. The molecule has 0 radical (unpaired) electrons. The number of rotatable bonds is 8. The van der Waals surface area contributed by atoms with Crippen molar-refractivity contribution >= 4 is 22.6 Å². The molecule has 0 saturated heterocycles. The molecule has 7 nitrogen and oxygen atoms in total. The average molecular weight is 703 g/mol. The molecule has 4 aromatic carbocycles. The summed E-state index contributed by atoms with van der Waals surface area (Å²) in [4.78, 5) is 30.2. The van der Waals surface area contributed by atoms with E-state index in [4.69, 9.17) is 4.74 Å². The lowest BCUT2D eigenvalue weighted by Crippen LogP contribution is -2.55. The number of hydrogen-bond donors (Lipinski definition) is 3. The number of aliphatic hydroxyl groups is 2. The van der Waals surface area contributed by atoms with Gasteiger partial charge in [-0.3, -0.25) is 4.79 Å². The number of carbonyl (C=O) groups excluding carboxylic acids is 2. The first-order valence-corrected chi connectivity index (χ1v) is 18.8. The molecule has 0 aliphatic heterocycles. The van der Waals surface area contributed by atoms with Gasteiger partial charge in [-0.25, -0.2) is 4.79 Å². The van der Waals surface area contributed by atoms with Crippen molar-refractivity contribution in [1.82, 2.24) is 10.2 Å². The van der Waals surface area contributed by atoms with Gasteiger partial charge in [0, 0.05) is 29.1 Å². The van der Waals surface area contributed by atoms with E-state index in [0.717, 1.165) is 40.3 Å². The number of fused-ring (bicyclic) bond motifs is 9. The third-order valence-electron chi connectivity index (χ3n) is 11.7. The Morgan fingerprint density at radius 1 is 0.981 bits per heavy atom. The Kier molecular flexibility index (Phi) is 11.2. The van der Waals surface area contributed by atoms with Crippen molar-refractivity contribution in [1.29, 1.82) is 0 Å². The predicted molar refractivity (Wildman–Crippen MR) is 208 cm³/mol. The van der Waals surface area contributed by atoms with Gasteiger partial charge >= 0.3 is 6.03 Å². The standard InChI is InChI=1S/C45H54N2O5/c1-30(2)46-43(50)47(28-35-13-8-12-33-11-6-7-14-38(33)35)29-45(51)25-23-41-39-22-16-32(26-36(48)19-15-31(3)10-9-24-44(41,45)4)27-40(39)42(49)34-17-20-37(52-5)21-18-34/h6-8,10-14,16-18,20-22,27,30,36,41,48,51H,9,15,19,23-26,28-29H2,1-5H3,(H,46,50)/t36-,41-,44-,45+/m0/s1. The number of allylic oxidation sites excluding steroid dienone is 2. The lowest BCUT2D eigenvalue weighted by molar-refractivity contribution is -0.0780. The van der Waals surface area contributed by atoms with Crippen LogP contribution in [-0.2, 0) is 13.0 Å². The van der Waals surface area contributed by atoms with Crippen LogP contribution in [0.2, 0.25) is 0 Å². The van der Waals surface area contributed by atoms with E-state index < -0.39 is 17.1 Å². The van der Waals surface area contributed by atoms with E-state index in [1.807, 2.05) is 44.2 Å². The Balaban J connectivity index is 1.43. The lowest BCUT2D eigenvalue weighted by atomic mass is 9.64. The highest BCUT2D eigenvalue weighted by molar-refractivity contribution is 6.10. The van der Waals surface area contributed by atoms with Crippen LogP contribution in [0.1, 0.15) is 105 Å². The molecule has 1 fully saturated rings. The number of aliphatic hydroxyl groups excluding tert-OH is 1. The number of benzene rings is 4. The summed E-state index contributed by atoms with van der Waals surface area (Å²) in [6.07, 6.45) is 6.12. The molecule has 4 atom stereocenters. The number of ketones is 1. The van der Waals surface area contributed by atoms with Gasteiger partial charge in [0.15, 0.2) is 5.78 Å². The highest BCUT2D eigenvalue weighted by atomic mass is 16.5. The fraction of sp³-hybridized carbons (Fsp3) is 0.422. The van der Waals surface area contributed by atoms with Gasteiger partial charge in [0.05, 0.1) is 25.4 Å². The summed E-state index contributed by atoms with van der Waals surface area (Å²) in [5.74, 6) is 0.427. The number of urea groups is 1. The third kappa shape index (κ3) is 7.81. The second kappa shape index (κ2) is 15.6. The third-order valence-corrected chi connectivity index (χ3v) is 11.7. The molecule has 0 aromatic heterocycles. The number of nitrogens with zero attached hydrogens (tertiary/aromatic N) is 1. The van der Waals surface area contributed by atoms with Crippen LogP contribution in [0.15, 0.2) is 96.6 Å². The van der Waals surface area contributed by atoms with Crippen LogP contribution in [0, 0.1) is 5.41 Å². The van der Waals surface area contributed by atoms with Crippen molar-refractivity contribution in [2.45, 2.75) is 103 Å². The summed E-state index contributed by atoms with van der Waals surface area (Å²) < 4.78 is 5.36. The van der Waals surface area contributed by atoms with E-state index in [2.05, 4.69) is 55.6 Å². The first-order valence-electron chi connectivity index (χ1n) is 18.8. The fourth-order valence-corrected chi connectivity index (χ4v) is 8.58. The molecule has 7 heteroatoms. The topological polar surface area (TPSA) is 99.1 Å². The van der Waals surface area contributed by atoms with E-state index in [-0.39, 0.29) is 30.3 Å². The Morgan fingerprint density at radius 2 is 1.73 bits per heavy atom. The summed E-state index contributed by atoms with van der Waals surface area (Å²) in [6, 6.07) is 27.3. The molecule has 1 saturated carbocycles. The van der Waals surface area contributed by atoms with Crippen LogP contribution in [0.3, 0.4) is 0 Å². The van der Waals surface area contributed by atoms with Gasteiger partial charge in [0.1, 0.15) is 5.75 Å². The van der Waals surface area contributed by atoms with Gasteiger partial charge in [-0.05, 0) is 129 Å². The van der Waals surface area contributed by atoms with Crippen molar-refractivity contribution in [3.63, 3.8) is 0 Å². The van der Waals surface area contributed by atoms with Gasteiger partial charge in [0.25, 0.3) is 0 Å². The van der Waals surface area contributed by atoms with Crippen LogP contribution in [-0.4, -0.2) is 58.3 Å². The van der Waals surface area contributed by atoms with Gasteiger partial charge < -0.3 is 25.2 Å². The maximum atomic E-state index is 14.4. The molecule has 2 amide bonds. The number of methoxy groups -OCH3 is 1. The predicted octanol–water partition coefficient (Wildman–Crippen LogP) is 8.74. The summed E-state index contributed by atoms with van der Waals surface area (Å²) >= 11 is 0. The highest BCUT2D eigenvalue weighted by Gasteiger charge is 2.57. The first-order chi connectivity index (χ1) is 24.9. The molecule has 3 N–H and O–H groups in total. The molecule has 274 valence electrons. The van der Waals surface area contributed by atoms with Gasteiger partial charge in [-0.2, -0.15) is 0 Å². The van der Waals surface area contributed by atoms with Crippen LogP contribution < -0.4 is 10.1 Å². The van der Waals surface area contributed by atoms with Crippen molar-refractivity contribution in [2.75, 3.05) is 13.7 Å². The van der Waals surface area contributed by atoms with E-state index in [9.17, 15) is 19.8 Å². The Labute approximate surface area is 308 Å². The van der Waals surface area contributed by atoms with E-state index >= 15 is 0 Å². The Bertz CT molecular complexity index is 1930. The van der Waals surface area contributed by atoms with Crippen LogP contribution in [0.25, 0.3) is 10.8 Å². The SMILES string of the molecule is COc1ccc(C(=O)c2cc3ccc2[C@@H]2CC[C@@](O)(CN(Cc4cccc5ccccc45)C(=O)NC(C)C)[C@@]2(C)CCC=C(C)CC[C@H](O)C3)cc1. The monoisotopic (exact) mass is 702 g/mol. The molecule has 3 aliphatic rings. The minimum Gasteiger partial charge on any atom is -0.497 e. The zero-order valence-electron chi connectivity index (χ0n) is 31.3. The molecular formula is C45H54N2O5. The molecule has 52 heavy (non-hydrogen) atoms. The van der Waals surface area contributed by atoms with Crippen molar-refractivity contribution < 1.29 is 24.5 Å². The molecule has 4 aromatic rings. The number of carbonyl (C=O) groups is 2. The van der Waals surface area contributed by atoms with Gasteiger partial charge in [-0.15, -0.1) is 0 Å². The largest absolute Gasteiger partial charge is 0.497 e. The fourth-order valence-electron chi connectivity index (χ4n) is 8.58. The maximum Gasteiger partial charge on any atom is 0.317 e. The maximum absolute atomic E-state index is 14.4. The first kappa shape index (κ1) is 37.3. The minimum absolute atomic E-state index is 0.0740. The van der Waals surface area contributed by atoms with E-state index in [1.165, 1.54) is 5.57 Å².